The average Bonchev–Trinajstić information content (AvgIpc) is 2.71. The molecule has 0 aromatic heterocycles. The summed E-state index contributed by atoms with van der Waals surface area (Å²) < 4.78 is -0.424. The van der Waals surface area contributed by atoms with Crippen LogP contribution in [0.2, 0.25) is 0 Å². The van der Waals surface area contributed by atoms with Crippen molar-refractivity contribution in [3.05, 3.63) is 23.8 Å². The molecule has 1 heterocycles. The van der Waals surface area contributed by atoms with Crippen LogP contribution < -0.4 is 4.90 Å². The van der Waals surface area contributed by atoms with Crippen molar-refractivity contribution in [3.8, 4) is 6.07 Å². The molecule has 0 saturated heterocycles. The zero-order valence-electron chi connectivity index (χ0n) is 10.9. The molecule has 1 aromatic rings. The third-order valence-corrected chi connectivity index (χ3v) is 4.06. The molecule has 2 rings (SSSR count). The van der Waals surface area contributed by atoms with E-state index in [-0.39, 0.29) is 5.91 Å². The van der Waals surface area contributed by atoms with E-state index in [0.29, 0.717) is 0 Å². The smallest absolute Gasteiger partial charge is 0.223 e. The van der Waals surface area contributed by atoms with Crippen LogP contribution in [0.4, 0.5) is 5.69 Å². The molecular weight excluding hydrogens is 244 g/mol. The summed E-state index contributed by atoms with van der Waals surface area (Å²) in [4.78, 5) is 14.3. The molecule has 0 aliphatic carbocycles. The largest absolute Gasteiger partial charge is 0.312 e. The Morgan fingerprint density at radius 3 is 2.83 bits per heavy atom. The number of thioether (sulfide) groups is 1. The lowest BCUT2D eigenvalue weighted by atomic mass is 10.2. The van der Waals surface area contributed by atoms with Gasteiger partial charge in [-0.1, -0.05) is 0 Å². The van der Waals surface area contributed by atoms with Crippen LogP contribution in [0.25, 0.3) is 0 Å². The summed E-state index contributed by atoms with van der Waals surface area (Å²) in [6.07, 6.45) is 0.899. The van der Waals surface area contributed by atoms with Crippen LogP contribution in [0.15, 0.2) is 23.1 Å². The molecule has 1 aliphatic rings. The summed E-state index contributed by atoms with van der Waals surface area (Å²) in [6, 6.07) is 8.36. The van der Waals surface area contributed by atoms with Gasteiger partial charge in [0.05, 0.1) is 6.07 Å². The number of rotatable bonds is 2. The number of hydrogen-bond acceptors (Lipinski definition) is 3. The van der Waals surface area contributed by atoms with Crippen molar-refractivity contribution in [1.29, 1.82) is 5.26 Å². The first-order valence-corrected chi connectivity index (χ1v) is 6.76. The number of carbonyl (C=O) groups is 1. The Balaban J connectivity index is 2.26. The van der Waals surface area contributed by atoms with Crippen LogP contribution in [0.5, 0.6) is 0 Å². The first-order valence-electron chi connectivity index (χ1n) is 5.94. The predicted molar refractivity (Wildman–Crippen MR) is 73.7 cm³/mol. The summed E-state index contributed by atoms with van der Waals surface area (Å²) in [5.74, 6) is 0.0894. The number of nitriles is 1. The number of carbonyl (C=O) groups excluding carboxylic acids is 1. The van der Waals surface area contributed by atoms with Crippen LogP contribution in [0.3, 0.4) is 0 Å². The topological polar surface area (TPSA) is 44.1 Å². The maximum Gasteiger partial charge on any atom is 0.223 e. The highest BCUT2D eigenvalue weighted by Gasteiger charge is 2.24. The lowest BCUT2D eigenvalue weighted by Gasteiger charge is -2.17. The van der Waals surface area contributed by atoms with E-state index < -0.39 is 4.75 Å². The molecule has 0 bridgehead atoms. The first kappa shape index (κ1) is 13.0. The van der Waals surface area contributed by atoms with Crippen molar-refractivity contribution in [3.63, 3.8) is 0 Å². The van der Waals surface area contributed by atoms with E-state index in [0.717, 1.165) is 23.5 Å². The predicted octanol–water partition coefficient (Wildman–Crippen LogP) is 2.99. The van der Waals surface area contributed by atoms with E-state index >= 15 is 0 Å². The van der Waals surface area contributed by atoms with E-state index in [1.807, 2.05) is 26.0 Å². The highest BCUT2D eigenvalue weighted by atomic mass is 32.2. The molecule has 0 fully saturated rings. The Bertz CT molecular complexity index is 531. The molecule has 4 heteroatoms. The number of amides is 1. The molecule has 0 N–H and O–H groups in total. The highest BCUT2D eigenvalue weighted by Crippen LogP contribution is 2.36. The summed E-state index contributed by atoms with van der Waals surface area (Å²) in [7, 11) is 0. The fourth-order valence-corrected chi connectivity index (χ4v) is 3.06. The fourth-order valence-electron chi connectivity index (χ4n) is 2.09. The van der Waals surface area contributed by atoms with Crippen LogP contribution in [-0.4, -0.2) is 17.2 Å². The van der Waals surface area contributed by atoms with Gasteiger partial charge in [-0.05, 0) is 44.0 Å². The molecule has 0 atom stereocenters. The normalized spacial score (nSPS) is 14.2. The lowest BCUT2D eigenvalue weighted by Crippen LogP contribution is -2.25. The Morgan fingerprint density at radius 2 is 2.22 bits per heavy atom. The van der Waals surface area contributed by atoms with Gasteiger partial charge in [0.2, 0.25) is 5.91 Å². The van der Waals surface area contributed by atoms with Gasteiger partial charge >= 0.3 is 0 Å². The van der Waals surface area contributed by atoms with Crippen molar-refractivity contribution >= 4 is 23.4 Å². The van der Waals surface area contributed by atoms with Gasteiger partial charge in [0.25, 0.3) is 0 Å². The van der Waals surface area contributed by atoms with Crippen molar-refractivity contribution in [2.75, 3.05) is 11.4 Å². The van der Waals surface area contributed by atoms with Gasteiger partial charge in [-0.3, -0.25) is 4.79 Å². The lowest BCUT2D eigenvalue weighted by molar-refractivity contribution is -0.116. The molecule has 1 amide bonds. The average molecular weight is 260 g/mol. The van der Waals surface area contributed by atoms with Crippen molar-refractivity contribution in [2.24, 2.45) is 0 Å². The van der Waals surface area contributed by atoms with Gasteiger partial charge < -0.3 is 4.90 Å². The van der Waals surface area contributed by atoms with Crippen LogP contribution in [-0.2, 0) is 11.2 Å². The SMILES string of the molecule is CC(=O)N1CCc2cc(SC(C)(C)C#N)ccc21. The van der Waals surface area contributed by atoms with Crippen molar-refractivity contribution in [1.82, 2.24) is 0 Å². The summed E-state index contributed by atoms with van der Waals surface area (Å²) in [6.45, 7) is 6.18. The van der Waals surface area contributed by atoms with Crippen LogP contribution >= 0.6 is 11.8 Å². The summed E-state index contributed by atoms with van der Waals surface area (Å²) in [5, 5.41) is 9.04. The Morgan fingerprint density at radius 1 is 1.50 bits per heavy atom. The summed E-state index contributed by atoms with van der Waals surface area (Å²) >= 11 is 1.56. The second-order valence-corrected chi connectivity index (χ2v) is 6.63. The van der Waals surface area contributed by atoms with Gasteiger partial charge in [-0.25, -0.2) is 0 Å². The highest BCUT2D eigenvalue weighted by molar-refractivity contribution is 8.00. The Labute approximate surface area is 112 Å². The molecule has 1 aromatic carbocycles. The van der Waals surface area contributed by atoms with Gasteiger partial charge in [0.15, 0.2) is 0 Å². The van der Waals surface area contributed by atoms with Crippen molar-refractivity contribution < 1.29 is 4.79 Å². The number of nitrogens with zero attached hydrogens (tertiary/aromatic N) is 2. The van der Waals surface area contributed by atoms with Crippen LogP contribution in [0.1, 0.15) is 26.3 Å². The number of hydrogen-bond donors (Lipinski definition) is 0. The number of benzene rings is 1. The second-order valence-electron chi connectivity index (χ2n) is 4.94. The minimum atomic E-state index is -0.424. The Kier molecular flexibility index (Phi) is 3.36. The van der Waals surface area contributed by atoms with E-state index in [9.17, 15) is 4.79 Å². The molecule has 0 radical (unpaired) electrons. The fraction of sp³-hybridized carbons (Fsp3) is 0.429. The zero-order chi connectivity index (χ0) is 13.3. The molecule has 3 nitrogen and oxygen atoms in total. The minimum Gasteiger partial charge on any atom is -0.312 e. The van der Waals surface area contributed by atoms with Gasteiger partial charge in [-0.15, -0.1) is 11.8 Å². The summed E-state index contributed by atoms with van der Waals surface area (Å²) in [5.41, 5.74) is 2.21. The van der Waals surface area contributed by atoms with Gasteiger partial charge in [0, 0.05) is 24.1 Å². The third kappa shape index (κ3) is 2.51. The molecule has 0 unspecified atom stereocenters. The van der Waals surface area contributed by atoms with Gasteiger partial charge in [0.1, 0.15) is 4.75 Å². The molecule has 0 saturated carbocycles. The standard InChI is InChI=1S/C14H16N2OS/c1-10(17)16-7-6-11-8-12(4-5-13(11)16)18-14(2,3)9-15/h4-5,8H,6-7H2,1-3H3. The molecule has 94 valence electrons. The monoisotopic (exact) mass is 260 g/mol. The first-order chi connectivity index (χ1) is 8.43. The van der Waals surface area contributed by atoms with E-state index in [4.69, 9.17) is 5.26 Å². The van der Waals surface area contributed by atoms with E-state index in [1.54, 1.807) is 23.6 Å². The number of fused-ring (bicyclic) bond motifs is 1. The molecule has 0 spiro atoms. The molecular formula is C14H16N2OS. The maximum absolute atomic E-state index is 11.4. The maximum atomic E-state index is 11.4. The Hall–Kier alpha value is -1.47. The quantitative estimate of drug-likeness (QED) is 0.768. The molecule has 1 aliphatic heterocycles. The van der Waals surface area contributed by atoms with E-state index in [2.05, 4.69) is 12.1 Å². The minimum absolute atomic E-state index is 0.0894. The zero-order valence-corrected chi connectivity index (χ0v) is 11.7. The third-order valence-electron chi connectivity index (χ3n) is 2.97. The van der Waals surface area contributed by atoms with E-state index in [1.165, 1.54) is 5.56 Å². The van der Waals surface area contributed by atoms with Crippen LogP contribution in [0, 0.1) is 11.3 Å². The van der Waals surface area contributed by atoms with Crippen molar-refractivity contribution in [2.45, 2.75) is 36.8 Å². The van der Waals surface area contributed by atoms with Gasteiger partial charge in [-0.2, -0.15) is 5.26 Å². The number of anilines is 1. The second kappa shape index (κ2) is 4.66. The molecule has 18 heavy (non-hydrogen) atoms.